The highest BCUT2D eigenvalue weighted by Crippen LogP contribution is 2.26. The fourth-order valence-corrected chi connectivity index (χ4v) is 2.69. The van der Waals surface area contributed by atoms with Gasteiger partial charge in [0.2, 0.25) is 5.91 Å². The van der Waals surface area contributed by atoms with Crippen LogP contribution in [0.3, 0.4) is 0 Å². The van der Waals surface area contributed by atoms with Crippen LogP contribution in [0.25, 0.3) is 0 Å². The number of carboxylic acids is 1. The zero-order valence-electron chi connectivity index (χ0n) is 14.7. The Bertz CT molecular complexity index is 768. The van der Waals surface area contributed by atoms with Gasteiger partial charge in [0.25, 0.3) is 0 Å². The summed E-state index contributed by atoms with van der Waals surface area (Å²) in [5.41, 5.74) is 2.26. The van der Waals surface area contributed by atoms with E-state index in [0.717, 1.165) is 16.7 Å². The van der Waals surface area contributed by atoms with E-state index in [-0.39, 0.29) is 5.91 Å². The van der Waals surface area contributed by atoms with Crippen molar-refractivity contribution in [2.75, 3.05) is 6.61 Å². The number of benzene rings is 2. The lowest BCUT2D eigenvalue weighted by molar-refractivity contribution is -0.139. The standard InChI is InChI=1S/C20H23NO4/c1-14-7-4-5-10-17(14)20(2,3)19(24)21-12-15-8-6-9-16(11-15)25-13-18(22)23/h4-11H,12-13H2,1-3H3,(H,21,24)(H,22,23). The SMILES string of the molecule is Cc1ccccc1C(C)(C)C(=O)NCc1cccc(OCC(=O)O)c1. The average Bonchev–Trinajstić information content (AvgIpc) is 2.58. The highest BCUT2D eigenvalue weighted by Gasteiger charge is 2.30. The summed E-state index contributed by atoms with van der Waals surface area (Å²) in [5.74, 6) is -0.635. The summed E-state index contributed by atoms with van der Waals surface area (Å²) in [5, 5.41) is 11.6. The minimum Gasteiger partial charge on any atom is -0.482 e. The molecule has 1 amide bonds. The summed E-state index contributed by atoms with van der Waals surface area (Å²) in [4.78, 5) is 23.2. The largest absolute Gasteiger partial charge is 0.482 e. The van der Waals surface area contributed by atoms with Gasteiger partial charge in [0.15, 0.2) is 6.61 Å². The Kier molecular flexibility index (Phi) is 5.80. The van der Waals surface area contributed by atoms with Gasteiger partial charge in [-0.05, 0) is 49.6 Å². The van der Waals surface area contributed by atoms with Crippen LogP contribution in [-0.4, -0.2) is 23.6 Å². The van der Waals surface area contributed by atoms with Crippen LogP contribution in [0.5, 0.6) is 5.75 Å². The highest BCUT2D eigenvalue weighted by atomic mass is 16.5. The van der Waals surface area contributed by atoms with Crippen LogP contribution in [0.2, 0.25) is 0 Å². The van der Waals surface area contributed by atoms with Crippen molar-refractivity contribution >= 4 is 11.9 Å². The number of rotatable bonds is 7. The van der Waals surface area contributed by atoms with Crippen LogP contribution in [0.15, 0.2) is 48.5 Å². The van der Waals surface area contributed by atoms with Gasteiger partial charge in [0.05, 0.1) is 5.41 Å². The van der Waals surface area contributed by atoms with Crippen LogP contribution < -0.4 is 10.1 Å². The number of amides is 1. The number of nitrogens with one attached hydrogen (secondary N) is 1. The van der Waals surface area contributed by atoms with Gasteiger partial charge in [-0.3, -0.25) is 4.79 Å². The maximum atomic E-state index is 12.7. The molecule has 0 aliphatic heterocycles. The molecule has 0 aliphatic carbocycles. The van der Waals surface area contributed by atoms with Gasteiger partial charge < -0.3 is 15.2 Å². The lowest BCUT2D eigenvalue weighted by Gasteiger charge is -2.26. The number of aryl methyl sites for hydroxylation is 1. The molecule has 0 fully saturated rings. The predicted molar refractivity (Wildman–Crippen MR) is 95.6 cm³/mol. The van der Waals surface area contributed by atoms with E-state index in [4.69, 9.17) is 9.84 Å². The van der Waals surface area contributed by atoms with E-state index in [1.54, 1.807) is 18.2 Å². The molecule has 0 saturated carbocycles. The van der Waals surface area contributed by atoms with Crippen molar-refractivity contribution in [3.8, 4) is 5.75 Å². The van der Waals surface area contributed by atoms with E-state index < -0.39 is 18.0 Å². The first-order valence-corrected chi connectivity index (χ1v) is 8.08. The second kappa shape index (κ2) is 7.83. The van der Waals surface area contributed by atoms with Gasteiger partial charge in [-0.25, -0.2) is 4.79 Å². The van der Waals surface area contributed by atoms with Crippen LogP contribution in [-0.2, 0) is 21.5 Å². The molecule has 0 unspecified atom stereocenters. The maximum absolute atomic E-state index is 12.7. The van der Waals surface area contributed by atoms with Crippen molar-refractivity contribution in [3.63, 3.8) is 0 Å². The molecule has 0 heterocycles. The van der Waals surface area contributed by atoms with Crippen LogP contribution in [0, 0.1) is 6.92 Å². The molecule has 0 atom stereocenters. The van der Waals surface area contributed by atoms with Crippen molar-refractivity contribution in [2.45, 2.75) is 32.7 Å². The van der Waals surface area contributed by atoms with E-state index in [0.29, 0.717) is 12.3 Å². The summed E-state index contributed by atoms with van der Waals surface area (Å²) in [7, 11) is 0. The van der Waals surface area contributed by atoms with Crippen molar-refractivity contribution < 1.29 is 19.4 Å². The number of carbonyl (C=O) groups excluding carboxylic acids is 1. The Labute approximate surface area is 147 Å². The molecular weight excluding hydrogens is 318 g/mol. The lowest BCUT2D eigenvalue weighted by Crippen LogP contribution is -2.40. The normalized spacial score (nSPS) is 11.0. The molecule has 2 N–H and O–H groups in total. The Balaban J connectivity index is 2.03. The Morgan fingerprint density at radius 1 is 1.12 bits per heavy atom. The summed E-state index contributed by atoms with van der Waals surface area (Å²) >= 11 is 0. The zero-order chi connectivity index (χ0) is 18.4. The molecule has 5 nitrogen and oxygen atoms in total. The number of ether oxygens (including phenoxy) is 1. The first-order chi connectivity index (χ1) is 11.8. The molecule has 0 radical (unpaired) electrons. The number of aliphatic carboxylic acids is 1. The van der Waals surface area contributed by atoms with Crippen LogP contribution in [0.1, 0.15) is 30.5 Å². The molecule has 2 aromatic rings. The summed E-state index contributed by atoms with van der Waals surface area (Å²) < 4.78 is 5.15. The molecule has 0 spiro atoms. The molecule has 0 aliphatic rings. The minimum atomic E-state index is -1.03. The molecular formula is C20H23NO4. The number of carbonyl (C=O) groups is 2. The lowest BCUT2D eigenvalue weighted by atomic mass is 9.81. The minimum absolute atomic E-state index is 0.0707. The number of carboxylic acid groups (broad SMARTS) is 1. The Morgan fingerprint density at radius 2 is 1.84 bits per heavy atom. The molecule has 25 heavy (non-hydrogen) atoms. The van der Waals surface area contributed by atoms with Gasteiger partial charge in [-0.2, -0.15) is 0 Å². The first kappa shape index (κ1) is 18.5. The smallest absolute Gasteiger partial charge is 0.341 e. The van der Waals surface area contributed by atoms with E-state index in [1.807, 2.05) is 51.1 Å². The van der Waals surface area contributed by atoms with Gasteiger partial charge in [-0.1, -0.05) is 36.4 Å². The van der Waals surface area contributed by atoms with Gasteiger partial charge >= 0.3 is 5.97 Å². The maximum Gasteiger partial charge on any atom is 0.341 e. The molecule has 132 valence electrons. The summed E-state index contributed by atoms with van der Waals surface area (Å²) in [6.45, 7) is 5.75. The van der Waals surface area contributed by atoms with E-state index in [1.165, 1.54) is 0 Å². The van der Waals surface area contributed by atoms with E-state index >= 15 is 0 Å². The fraction of sp³-hybridized carbons (Fsp3) is 0.300. The van der Waals surface area contributed by atoms with Crippen molar-refractivity contribution in [3.05, 3.63) is 65.2 Å². The third kappa shape index (κ3) is 4.83. The van der Waals surface area contributed by atoms with Gasteiger partial charge in [-0.15, -0.1) is 0 Å². The molecule has 2 rings (SSSR count). The molecule has 2 aromatic carbocycles. The Hall–Kier alpha value is -2.82. The molecule has 0 aromatic heterocycles. The molecule has 0 bridgehead atoms. The monoisotopic (exact) mass is 341 g/mol. The second-order valence-electron chi connectivity index (χ2n) is 6.45. The van der Waals surface area contributed by atoms with Crippen LogP contribution >= 0.6 is 0 Å². The van der Waals surface area contributed by atoms with Gasteiger partial charge in [0, 0.05) is 6.54 Å². The fourth-order valence-electron chi connectivity index (χ4n) is 2.69. The number of hydrogen-bond donors (Lipinski definition) is 2. The average molecular weight is 341 g/mol. The van der Waals surface area contributed by atoms with Crippen LogP contribution in [0.4, 0.5) is 0 Å². The third-order valence-corrected chi connectivity index (χ3v) is 4.10. The van der Waals surface area contributed by atoms with E-state index in [2.05, 4.69) is 5.32 Å². The van der Waals surface area contributed by atoms with Crippen molar-refractivity contribution in [1.29, 1.82) is 0 Å². The highest BCUT2D eigenvalue weighted by molar-refractivity contribution is 5.87. The van der Waals surface area contributed by atoms with Crippen molar-refractivity contribution in [2.24, 2.45) is 0 Å². The molecule has 0 saturated heterocycles. The first-order valence-electron chi connectivity index (χ1n) is 8.08. The van der Waals surface area contributed by atoms with E-state index in [9.17, 15) is 9.59 Å². The predicted octanol–water partition coefficient (Wildman–Crippen LogP) is 3.05. The quantitative estimate of drug-likeness (QED) is 0.811. The van der Waals surface area contributed by atoms with Crippen molar-refractivity contribution in [1.82, 2.24) is 5.32 Å². The summed E-state index contributed by atoms with van der Waals surface area (Å²) in [6, 6.07) is 14.9. The third-order valence-electron chi connectivity index (χ3n) is 4.10. The summed E-state index contributed by atoms with van der Waals surface area (Å²) in [6.07, 6.45) is 0. The Morgan fingerprint density at radius 3 is 2.52 bits per heavy atom. The molecule has 5 heteroatoms. The number of hydrogen-bond acceptors (Lipinski definition) is 3. The zero-order valence-corrected chi connectivity index (χ0v) is 14.7. The second-order valence-corrected chi connectivity index (χ2v) is 6.45. The topological polar surface area (TPSA) is 75.6 Å². The van der Waals surface area contributed by atoms with Gasteiger partial charge in [0.1, 0.15) is 5.75 Å².